The molecule has 1 N–H and O–H groups in total. The maximum atomic E-state index is 14.4. The van der Waals surface area contributed by atoms with E-state index < -0.39 is 5.97 Å². The summed E-state index contributed by atoms with van der Waals surface area (Å²) in [6.07, 6.45) is 4.25. The maximum absolute atomic E-state index is 14.4. The Morgan fingerprint density at radius 2 is 1.81 bits per heavy atom. The van der Waals surface area contributed by atoms with E-state index >= 15 is 0 Å². The molecule has 1 fully saturated rings. The predicted octanol–water partition coefficient (Wildman–Crippen LogP) is 5.40. The van der Waals surface area contributed by atoms with Gasteiger partial charge in [0, 0.05) is 42.0 Å². The Morgan fingerprint density at radius 3 is 2.53 bits per heavy atom. The van der Waals surface area contributed by atoms with E-state index in [1.807, 2.05) is 32.0 Å². The number of carbonyl (C=O) groups is 1. The summed E-state index contributed by atoms with van der Waals surface area (Å²) in [6, 6.07) is 12.1. The lowest BCUT2D eigenvalue weighted by Gasteiger charge is -2.39. The molecule has 0 amide bonds. The number of benzene rings is 2. The van der Waals surface area contributed by atoms with Crippen LogP contribution in [0.2, 0.25) is 0 Å². The van der Waals surface area contributed by atoms with E-state index in [2.05, 4.69) is 32.2 Å². The molecular weight excluding hydrogens is 459 g/mol. The molecule has 36 heavy (non-hydrogen) atoms. The number of aromatic nitrogens is 3. The Morgan fingerprint density at radius 1 is 1.06 bits per heavy atom. The first-order valence-electron chi connectivity index (χ1n) is 12.0. The largest absolute Gasteiger partial charge is 0.481 e. The molecule has 0 spiro atoms. The summed E-state index contributed by atoms with van der Waals surface area (Å²) < 4.78 is 20.0. The lowest BCUT2D eigenvalue weighted by molar-refractivity contribution is -0.147. The second-order valence-electron chi connectivity index (χ2n) is 9.81. The van der Waals surface area contributed by atoms with Crippen LogP contribution in [0.15, 0.2) is 53.3 Å². The van der Waals surface area contributed by atoms with Gasteiger partial charge < -0.3 is 9.63 Å². The monoisotopic (exact) mass is 484 g/mol. The van der Waals surface area contributed by atoms with Gasteiger partial charge in [-0.1, -0.05) is 17.3 Å². The first-order valence-corrected chi connectivity index (χ1v) is 12.0. The predicted molar refractivity (Wildman–Crippen MR) is 131 cm³/mol. The average Bonchev–Trinajstić information content (AvgIpc) is 3.45. The molecule has 1 aliphatic carbocycles. The zero-order valence-corrected chi connectivity index (χ0v) is 20.0. The van der Waals surface area contributed by atoms with Crippen molar-refractivity contribution in [2.24, 2.45) is 5.92 Å². The van der Waals surface area contributed by atoms with Gasteiger partial charge in [-0.15, -0.1) is 0 Å². The normalized spacial score (nSPS) is 19.2. The Balaban J connectivity index is 1.23. The van der Waals surface area contributed by atoms with E-state index in [1.165, 1.54) is 17.3 Å². The summed E-state index contributed by atoms with van der Waals surface area (Å²) in [4.78, 5) is 22.0. The SMILES string of the molecule is Cc1cc(-c2nc(-c3ccc4c(c3)CN([C@H]3C[C@H](C(=O)O)C3)C4)no2)cc(C)c1-c1ccncc1F. The van der Waals surface area contributed by atoms with Gasteiger partial charge in [0.05, 0.1) is 12.1 Å². The molecule has 0 atom stereocenters. The Labute approximate surface area is 207 Å². The maximum Gasteiger partial charge on any atom is 0.306 e. The van der Waals surface area contributed by atoms with Gasteiger partial charge in [-0.05, 0) is 78.8 Å². The number of pyridine rings is 1. The van der Waals surface area contributed by atoms with Crippen molar-refractivity contribution in [1.82, 2.24) is 20.0 Å². The number of aryl methyl sites for hydroxylation is 2. The fourth-order valence-corrected chi connectivity index (χ4v) is 5.45. The van der Waals surface area contributed by atoms with Crippen molar-refractivity contribution in [2.45, 2.75) is 45.8 Å². The molecular formula is C28H25FN4O3. The number of fused-ring (bicyclic) bond motifs is 1. The van der Waals surface area contributed by atoms with Crippen LogP contribution in [-0.4, -0.2) is 37.1 Å². The van der Waals surface area contributed by atoms with Crippen molar-refractivity contribution in [1.29, 1.82) is 0 Å². The van der Waals surface area contributed by atoms with E-state index in [-0.39, 0.29) is 11.7 Å². The van der Waals surface area contributed by atoms with Crippen LogP contribution in [0, 0.1) is 25.6 Å². The minimum Gasteiger partial charge on any atom is -0.481 e. The summed E-state index contributed by atoms with van der Waals surface area (Å²) in [6.45, 7) is 5.52. The van der Waals surface area contributed by atoms with Crippen molar-refractivity contribution in [3.05, 3.63) is 76.9 Å². The van der Waals surface area contributed by atoms with Crippen LogP contribution in [0.4, 0.5) is 4.39 Å². The summed E-state index contributed by atoms with van der Waals surface area (Å²) in [5.41, 5.74) is 7.31. The third-order valence-electron chi connectivity index (χ3n) is 7.44. The summed E-state index contributed by atoms with van der Waals surface area (Å²) in [5.74, 6) is -0.333. The number of aliphatic carboxylic acids is 1. The molecule has 6 rings (SSSR count). The van der Waals surface area contributed by atoms with Crippen LogP contribution in [0.1, 0.15) is 35.1 Å². The minimum atomic E-state index is -0.692. The van der Waals surface area contributed by atoms with E-state index in [0.29, 0.717) is 23.3 Å². The van der Waals surface area contributed by atoms with Crippen molar-refractivity contribution < 1.29 is 18.8 Å². The zero-order valence-electron chi connectivity index (χ0n) is 20.0. The van der Waals surface area contributed by atoms with Gasteiger partial charge >= 0.3 is 5.97 Å². The molecule has 8 heteroatoms. The standard InChI is InChI=1S/C28H25FN4O3/c1-15-7-19(8-16(2)25(15)23-5-6-30-12-24(23)29)27-31-26(32-36-27)17-3-4-18-13-33(14-21(18)9-17)22-10-20(11-22)28(34)35/h3-9,12,20,22H,10-11,13-14H2,1-2H3,(H,34,35)/t20-,22-. The van der Waals surface area contributed by atoms with Gasteiger partial charge in [-0.2, -0.15) is 4.98 Å². The fraction of sp³-hybridized carbons (Fsp3) is 0.286. The Bertz CT molecular complexity index is 1470. The Kier molecular flexibility index (Phi) is 5.41. The van der Waals surface area contributed by atoms with Crippen LogP contribution < -0.4 is 0 Å². The van der Waals surface area contributed by atoms with Crippen LogP contribution in [0.5, 0.6) is 0 Å². The van der Waals surface area contributed by atoms with Gasteiger partial charge in [0.15, 0.2) is 0 Å². The molecule has 2 aromatic heterocycles. The van der Waals surface area contributed by atoms with Crippen LogP contribution in [0.25, 0.3) is 34.0 Å². The third-order valence-corrected chi connectivity index (χ3v) is 7.44. The second kappa shape index (κ2) is 8.64. The number of hydrogen-bond acceptors (Lipinski definition) is 6. The average molecular weight is 485 g/mol. The van der Waals surface area contributed by atoms with Crippen molar-refractivity contribution >= 4 is 5.97 Å². The van der Waals surface area contributed by atoms with Crippen LogP contribution in [0.3, 0.4) is 0 Å². The van der Waals surface area contributed by atoms with Crippen LogP contribution >= 0.6 is 0 Å². The Hall–Kier alpha value is -3.91. The topological polar surface area (TPSA) is 92.4 Å². The molecule has 0 radical (unpaired) electrons. The molecule has 0 saturated heterocycles. The second-order valence-corrected chi connectivity index (χ2v) is 9.81. The van der Waals surface area contributed by atoms with Crippen LogP contribution in [-0.2, 0) is 17.9 Å². The number of hydrogen-bond donors (Lipinski definition) is 1. The van der Waals surface area contributed by atoms with Crippen molar-refractivity contribution in [3.8, 4) is 34.0 Å². The highest BCUT2D eigenvalue weighted by atomic mass is 19.1. The van der Waals surface area contributed by atoms with Crippen molar-refractivity contribution in [3.63, 3.8) is 0 Å². The zero-order chi connectivity index (χ0) is 25.0. The quantitative estimate of drug-likeness (QED) is 0.405. The number of carboxylic acid groups (broad SMARTS) is 1. The van der Waals surface area contributed by atoms with Gasteiger partial charge in [-0.25, -0.2) is 4.39 Å². The first kappa shape index (κ1) is 22.5. The highest BCUT2D eigenvalue weighted by Gasteiger charge is 2.39. The highest BCUT2D eigenvalue weighted by molar-refractivity contribution is 5.75. The van der Waals surface area contributed by atoms with Gasteiger partial charge in [0.2, 0.25) is 5.82 Å². The third kappa shape index (κ3) is 3.87. The van der Waals surface area contributed by atoms with E-state index in [4.69, 9.17) is 9.63 Å². The summed E-state index contributed by atoms with van der Waals surface area (Å²) >= 11 is 0. The number of halogens is 1. The molecule has 2 aliphatic rings. The van der Waals surface area contributed by atoms with Gasteiger partial charge in [-0.3, -0.25) is 14.7 Å². The molecule has 1 saturated carbocycles. The molecule has 1 aliphatic heterocycles. The number of nitrogens with zero attached hydrogens (tertiary/aromatic N) is 4. The molecule has 7 nitrogen and oxygen atoms in total. The smallest absolute Gasteiger partial charge is 0.306 e. The lowest BCUT2D eigenvalue weighted by Crippen LogP contribution is -2.44. The molecule has 182 valence electrons. The summed E-state index contributed by atoms with van der Waals surface area (Å²) in [5, 5.41) is 13.4. The molecule has 4 aromatic rings. The van der Waals surface area contributed by atoms with Crippen molar-refractivity contribution in [2.75, 3.05) is 0 Å². The molecule has 0 bridgehead atoms. The first-order chi connectivity index (χ1) is 17.4. The number of rotatable bonds is 5. The van der Waals surface area contributed by atoms with E-state index in [0.717, 1.165) is 53.7 Å². The fourth-order valence-electron chi connectivity index (χ4n) is 5.45. The molecule has 2 aromatic carbocycles. The van der Waals surface area contributed by atoms with E-state index in [1.54, 1.807) is 12.3 Å². The number of carboxylic acids is 1. The molecule has 3 heterocycles. The van der Waals surface area contributed by atoms with Gasteiger partial charge in [0.25, 0.3) is 5.89 Å². The summed E-state index contributed by atoms with van der Waals surface area (Å²) in [7, 11) is 0. The lowest BCUT2D eigenvalue weighted by atomic mass is 9.79. The molecule has 0 unspecified atom stereocenters. The highest BCUT2D eigenvalue weighted by Crippen LogP contribution is 2.38. The minimum absolute atomic E-state index is 0.211. The van der Waals surface area contributed by atoms with E-state index in [9.17, 15) is 9.18 Å². The van der Waals surface area contributed by atoms with Gasteiger partial charge in [0.1, 0.15) is 5.82 Å².